The van der Waals surface area contributed by atoms with Crippen LogP contribution in [0.15, 0.2) is 42.5 Å². The first-order valence-corrected chi connectivity index (χ1v) is 7.41. The van der Waals surface area contributed by atoms with E-state index in [1.165, 1.54) is 30.3 Å². The maximum Gasteiger partial charge on any atom is 0.420 e. The molecule has 2 nitrogen and oxygen atoms in total. The number of hydrogen-bond donors (Lipinski definition) is 1. The second-order valence-corrected chi connectivity index (χ2v) is 6.50. The molecule has 0 aliphatic carbocycles. The predicted octanol–water partition coefficient (Wildman–Crippen LogP) is 5.63. The van der Waals surface area contributed by atoms with Crippen LogP contribution in [0.25, 0.3) is 0 Å². The minimum Gasteiger partial charge on any atom is -0.488 e. The van der Waals surface area contributed by atoms with Gasteiger partial charge in [-0.1, -0.05) is 12.1 Å². The van der Waals surface area contributed by atoms with Gasteiger partial charge in [-0.15, -0.1) is 0 Å². The molecule has 0 amide bonds. The van der Waals surface area contributed by atoms with E-state index < -0.39 is 17.6 Å². The minimum absolute atomic E-state index is 0.146. The summed E-state index contributed by atoms with van der Waals surface area (Å²) in [5, 5.41) is 3.00. The second-order valence-electron chi connectivity index (χ2n) is 6.50. The van der Waals surface area contributed by atoms with Gasteiger partial charge in [0.25, 0.3) is 0 Å². The molecule has 0 unspecified atom stereocenters. The average molecular weight is 341 g/mol. The van der Waals surface area contributed by atoms with Crippen molar-refractivity contribution in [3.63, 3.8) is 0 Å². The molecule has 0 heterocycles. The number of alkyl halides is 3. The summed E-state index contributed by atoms with van der Waals surface area (Å²) in [5.41, 5.74) is -0.423. The van der Waals surface area contributed by atoms with Crippen LogP contribution in [-0.2, 0) is 12.8 Å². The smallest absolute Gasteiger partial charge is 0.420 e. The third kappa shape index (κ3) is 5.15. The molecule has 0 spiro atoms. The highest BCUT2D eigenvalue weighted by Gasteiger charge is 2.35. The molecular weight excluding hydrogens is 322 g/mol. The molecule has 2 rings (SSSR count). The molecule has 2 aromatic rings. The zero-order valence-electron chi connectivity index (χ0n) is 13.7. The maximum absolute atomic E-state index is 13.3. The Labute approximate surface area is 138 Å². The molecule has 0 bridgehead atoms. The van der Waals surface area contributed by atoms with E-state index in [2.05, 4.69) is 5.32 Å². The summed E-state index contributed by atoms with van der Waals surface area (Å²) in [6.45, 7) is 5.42. The van der Waals surface area contributed by atoms with Crippen molar-refractivity contribution in [1.29, 1.82) is 0 Å². The summed E-state index contributed by atoms with van der Waals surface area (Å²) in [4.78, 5) is 0. The number of ether oxygens (including phenoxy) is 1. The third-order valence-electron chi connectivity index (χ3n) is 3.09. The topological polar surface area (TPSA) is 21.3 Å². The van der Waals surface area contributed by atoms with Crippen LogP contribution in [0.5, 0.6) is 5.75 Å². The van der Waals surface area contributed by atoms with Crippen molar-refractivity contribution in [2.24, 2.45) is 0 Å². The number of nitrogens with one attached hydrogen (secondary N) is 1. The van der Waals surface area contributed by atoms with Crippen molar-refractivity contribution in [3.05, 3.63) is 59.4 Å². The van der Waals surface area contributed by atoms with E-state index in [1.54, 1.807) is 6.07 Å². The first-order chi connectivity index (χ1) is 11.0. The van der Waals surface area contributed by atoms with Crippen molar-refractivity contribution < 1.29 is 22.3 Å². The van der Waals surface area contributed by atoms with Crippen molar-refractivity contribution in [1.82, 2.24) is 0 Å². The summed E-state index contributed by atoms with van der Waals surface area (Å²) in [6, 6.07) is 9.38. The highest BCUT2D eigenvalue weighted by Crippen LogP contribution is 2.38. The lowest BCUT2D eigenvalue weighted by atomic mass is 10.1. The molecule has 0 radical (unpaired) electrons. The van der Waals surface area contributed by atoms with Crippen molar-refractivity contribution in [2.45, 2.75) is 39.1 Å². The van der Waals surface area contributed by atoms with Crippen LogP contribution >= 0.6 is 0 Å². The number of rotatable bonds is 4. The molecule has 0 atom stereocenters. The first-order valence-electron chi connectivity index (χ1n) is 7.41. The summed E-state index contributed by atoms with van der Waals surface area (Å²) in [7, 11) is 0. The van der Waals surface area contributed by atoms with Crippen LogP contribution in [-0.4, -0.2) is 5.54 Å². The molecular formula is C18H19F4NO. The Morgan fingerprint density at radius 2 is 1.71 bits per heavy atom. The normalized spacial score (nSPS) is 12.1. The Hall–Kier alpha value is -2.24. The highest BCUT2D eigenvalue weighted by atomic mass is 19.4. The Balaban J connectivity index is 2.25. The van der Waals surface area contributed by atoms with Gasteiger partial charge < -0.3 is 10.1 Å². The van der Waals surface area contributed by atoms with Gasteiger partial charge in [0.05, 0.1) is 5.56 Å². The zero-order chi connectivity index (χ0) is 18.0. The Kier molecular flexibility index (Phi) is 5.06. The van der Waals surface area contributed by atoms with Crippen molar-refractivity contribution >= 4 is 5.69 Å². The fourth-order valence-corrected chi connectivity index (χ4v) is 2.18. The monoisotopic (exact) mass is 341 g/mol. The zero-order valence-corrected chi connectivity index (χ0v) is 13.7. The number of benzene rings is 2. The molecule has 0 aliphatic rings. The maximum atomic E-state index is 13.3. The van der Waals surface area contributed by atoms with Gasteiger partial charge in [0.15, 0.2) is 0 Å². The van der Waals surface area contributed by atoms with Crippen LogP contribution in [0.2, 0.25) is 0 Å². The van der Waals surface area contributed by atoms with Crippen LogP contribution in [0.4, 0.5) is 23.2 Å². The van der Waals surface area contributed by atoms with Crippen molar-refractivity contribution in [3.8, 4) is 5.75 Å². The van der Waals surface area contributed by atoms with Gasteiger partial charge >= 0.3 is 6.18 Å². The first kappa shape index (κ1) is 18.1. The van der Waals surface area contributed by atoms with Gasteiger partial charge in [-0.2, -0.15) is 13.2 Å². The average Bonchev–Trinajstić information content (AvgIpc) is 2.43. The molecule has 1 N–H and O–H groups in total. The van der Waals surface area contributed by atoms with E-state index in [4.69, 9.17) is 4.74 Å². The molecule has 0 saturated carbocycles. The van der Waals surface area contributed by atoms with E-state index in [0.29, 0.717) is 11.3 Å². The number of hydrogen-bond acceptors (Lipinski definition) is 2. The van der Waals surface area contributed by atoms with Gasteiger partial charge in [-0.05, 0) is 56.7 Å². The Morgan fingerprint density at radius 1 is 1.00 bits per heavy atom. The lowest BCUT2D eigenvalue weighted by Crippen LogP contribution is -2.26. The van der Waals surface area contributed by atoms with Gasteiger partial charge in [0.2, 0.25) is 0 Å². The van der Waals surface area contributed by atoms with Gasteiger partial charge in [-0.3, -0.25) is 0 Å². The largest absolute Gasteiger partial charge is 0.488 e. The lowest BCUT2D eigenvalue weighted by molar-refractivity contribution is -0.139. The van der Waals surface area contributed by atoms with E-state index in [-0.39, 0.29) is 17.9 Å². The molecule has 0 aromatic heterocycles. The summed E-state index contributed by atoms with van der Waals surface area (Å²) < 4.78 is 58.3. The molecule has 130 valence electrons. The predicted molar refractivity (Wildman–Crippen MR) is 85.6 cm³/mol. The second kappa shape index (κ2) is 6.71. The van der Waals surface area contributed by atoms with Gasteiger partial charge in [0.1, 0.15) is 18.2 Å². The van der Waals surface area contributed by atoms with Gasteiger partial charge in [0, 0.05) is 11.2 Å². The molecule has 0 fully saturated rings. The number of halogens is 4. The third-order valence-corrected chi connectivity index (χ3v) is 3.09. The van der Waals surface area contributed by atoms with Crippen LogP contribution in [0.1, 0.15) is 31.9 Å². The van der Waals surface area contributed by atoms with Crippen molar-refractivity contribution in [2.75, 3.05) is 5.32 Å². The summed E-state index contributed by atoms with van der Waals surface area (Å²) >= 11 is 0. The van der Waals surface area contributed by atoms with Crippen LogP contribution < -0.4 is 10.1 Å². The van der Waals surface area contributed by atoms with Crippen LogP contribution in [0, 0.1) is 5.82 Å². The summed E-state index contributed by atoms with van der Waals surface area (Å²) in [5.74, 6) is -0.747. The van der Waals surface area contributed by atoms with Gasteiger partial charge in [-0.25, -0.2) is 4.39 Å². The van der Waals surface area contributed by atoms with E-state index in [9.17, 15) is 17.6 Å². The Morgan fingerprint density at radius 3 is 2.29 bits per heavy atom. The van der Waals surface area contributed by atoms with E-state index >= 15 is 0 Å². The van der Waals surface area contributed by atoms with E-state index in [0.717, 1.165) is 6.07 Å². The number of anilines is 1. The molecule has 0 saturated heterocycles. The standard InChI is InChI=1S/C18H19F4NO/c1-17(2,3)23-14-7-8-16(15(10-14)18(20,21)22)24-11-12-5-4-6-13(19)9-12/h4-10,23H,11H2,1-3H3. The fourth-order valence-electron chi connectivity index (χ4n) is 2.18. The lowest BCUT2D eigenvalue weighted by Gasteiger charge is -2.23. The quantitative estimate of drug-likeness (QED) is 0.727. The molecule has 6 heteroatoms. The minimum atomic E-state index is -4.55. The Bertz CT molecular complexity index is 705. The fraction of sp³-hybridized carbons (Fsp3) is 0.333. The molecule has 0 aliphatic heterocycles. The summed E-state index contributed by atoms with van der Waals surface area (Å²) in [6.07, 6.45) is -4.55. The van der Waals surface area contributed by atoms with E-state index in [1.807, 2.05) is 20.8 Å². The van der Waals surface area contributed by atoms with Crippen LogP contribution in [0.3, 0.4) is 0 Å². The highest BCUT2D eigenvalue weighted by molar-refractivity contribution is 5.53. The molecule has 2 aromatic carbocycles. The SMILES string of the molecule is CC(C)(C)Nc1ccc(OCc2cccc(F)c2)c(C(F)(F)F)c1. The molecule has 24 heavy (non-hydrogen) atoms.